The molecule has 1 aromatic carbocycles. The van der Waals surface area contributed by atoms with E-state index in [9.17, 15) is 18.4 Å². The van der Waals surface area contributed by atoms with Gasteiger partial charge in [0.25, 0.3) is 0 Å². The van der Waals surface area contributed by atoms with Crippen molar-refractivity contribution >= 4 is 23.6 Å². The van der Waals surface area contributed by atoms with Crippen molar-refractivity contribution in [3.8, 4) is 0 Å². The summed E-state index contributed by atoms with van der Waals surface area (Å²) in [5, 5.41) is 8.85. The molecule has 1 aliphatic heterocycles. The number of nitrogens with zero attached hydrogens (tertiary/aromatic N) is 1. The van der Waals surface area contributed by atoms with Gasteiger partial charge in [0.2, 0.25) is 5.91 Å². The number of rotatable bonds is 6. The number of carbonyl (C=O) groups is 2. The first-order valence-corrected chi connectivity index (χ1v) is 8.65. The van der Waals surface area contributed by atoms with E-state index in [-0.39, 0.29) is 31.3 Å². The quantitative estimate of drug-likeness (QED) is 0.863. The zero-order valence-corrected chi connectivity index (χ0v) is 13.5. The maximum atomic E-state index is 13.3. The summed E-state index contributed by atoms with van der Waals surface area (Å²) < 4.78 is 26.3. The van der Waals surface area contributed by atoms with Gasteiger partial charge in [0, 0.05) is 19.0 Å². The fraction of sp³-hybridized carbons (Fsp3) is 0.500. The summed E-state index contributed by atoms with van der Waals surface area (Å²) in [6, 6.07) is 3.48. The molecule has 126 valence electrons. The first-order chi connectivity index (χ1) is 11.0. The number of carbonyl (C=O) groups excluding carboxylic acids is 1. The van der Waals surface area contributed by atoms with Crippen molar-refractivity contribution in [1.82, 2.24) is 4.90 Å². The first kappa shape index (κ1) is 17.7. The normalized spacial score (nSPS) is 15.4. The van der Waals surface area contributed by atoms with Crippen molar-refractivity contribution in [3.63, 3.8) is 0 Å². The maximum Gasteiger partial charge on any atom is 0.305 e. The molecule has 1 heterocycles. The number of hydrogen-bond donors (Lipinski definition) is 1. The minimum atomic E-state index is -0.993. The molecule has 4 nitrogen and oxygen atoms in total. The van der Waals surface area contributed by atoms with Crippen molar-refractivity contribution in [3.05, 3.63) is 35.4 Å². The summed E-state index contributed by atoms with van der Waals surface area (Å²) in [6.45, 7) is 0.157. The second kappa shape index (κ2) is 8.29. The van der Waals surface area contributed by atoms with Gasteiger partial charge in [-0.1, -0.05) is 6.07 Å². The summed E-state index contributed by atoms with van der Waals surface area (Å²) in [5.41, 5.74) is 0.452. The molecular formula is C16H19F2NO3S. The fourth-order valence-corrected chi connectivity index (χ4v) is 3.67. The molecule has 2 rings (SSSR count). The molecule has 0 saturated carbocycles. The van der Waals surface area contributed by atoms with Crippen LogP contribution in [0, 0.1) is 17.6 Å². The minimum absolute atomic E-state index is 0.0663. The Morgan fingerprint density at radius 1 is 1.22 bits per heavy atom. The first-order valence-electron chi connectivity index (χ1n) is 7.49. The van der Waals surface area contributed by atoms with Gasteiger partial charge >= 0.3 is 5.97 Å². The summed E-state index contributed by atoms with van der Waals surface area (Å²) in [7, 11) is 0. The van der Waals surface area contributed by atoms with Crippen molar-refractivity contribution < 1.29 is 23.5 Å². The lowest BCUT2D eigenvalue weighted by Crippen LogP contribution is -2.38. The zero-order valence-electron chi connectivity index (χ0n) is 12.6. The van der Waals surface area contributed by atoms with Gasteiger partial charge in [0.1, 0.15) is 0 Å². The second-order valence-electron chi connectivity index (χ2n) is 5.54. The Morgan fingerprint density at radius 2 is 1.91 bits per heavy atom. The summed E-state index contributed by atoms with van der Waals surface area (Å²) in [5.74, 6) is -1.30. The number of benzene rings is 1. The van der Waals surface area contributed by atoms with Crippen LogP contribution in [0.15, 0.2) is 18.2 Å². The number of amides is 1. The lowest BCUT2D eigenvalue weighted by atomic mass is 10.0. The molecule has 1 aliphatic rings. The largest absolute Gasteiger partial charge is 0.481 e. The predicted molar refractivity (Wildman–Crippen MR) is 84.1 cm³/mol. The van der Waals surface area contributed by atoms with Gasteiger partial charge in [0.05, 0.1) is 6.42 Å². The molecule has 0 spiro atoms. The third-order valence-electron chi connectivity index (χ3n) is 3.84. The molecule has 0 atom stereocenters. The van der Waals surface area contributed by atoms with Crippen molar-refractivity contribution in [2.24, 2.45) is 5.92 Å². The smallest absolute Gasteiger partial charge is 0.305 e. The van der Waals surface area contributed by atoms with E-state index >= 15 is 0 Å². The topological polar surface area (TPSA) is 57.6 Å². The van der Waals surface area contributed by atoms with Gasteiger partial charge in [-0.15, -0.1) is 0 Å². The highest BCUT2D eigenvalue weighted by Gasteiger charge is 2.26. The Bertz CT molecular complexity index is 576. The molecule has 0 unspecified atom stereocenters. The molecule has 1 saturated heterocycles. The van der Waals surface area contributed by atoms with Crippen LogP contribution in [0.3, 0.4) is 0 Å². The third kappa shape index (κ3) is 5.20. The SMILES string of the molecule is O=C(O)CCN(Cc1ccc(F)c(F)c1)C(=O)C1CCSCC1. The molecule has 0 aromatic heterocycles. The average Bonchev–Trinajstić information content (AvgIpc) is 2.54. The van der Waals surface area contributed by atoms with Crippen molar-refractivity contribution in [2.75, 3.05) is 18.1 Å². The van der Waals surface area contributed by atoms with E-state index in [4.69, 9.17) is 5.11 Å². The number of thioether (sulfide) groups is 1. The number of halogens is 2. The average molecular weight is 343 g/mol. The molecule has 0 bridgehead atoms. The van der Waals surface area contributed by atoms with Crippen LogP contribution < -0.4 is 0 Å². The zero-order chi connectivity index (χ0) is 16.8. The van der Waals surface area contributed by atoms with Crippen LogP contribution in [0.4, 0.5) is 8.78 Å². The second-order valence-corrected chi connectivity index (χ2v) is 6.76. The number of aliphatic carboxylic acids is 1. The Labute approximate surface area is 137 Å². The lowest BCUT2D eigenvalue weighted by Gasteiger charge is -2.29. The van der Waals surface area contributed by atoms with Gasteiger partial charge in [-0.3, -0.25) is 9.59 Å². The highest BCUT2D eigenvalue weighted by molar-refractivity contribution is 7.99. The van der Waals surface area contributed by atoms with E-state index in [0.717, 1.165) is 36.5 Å². The van der Waals surface area contributed by atoms with Gasteiger partial charge in [0.15, 0.2) is 11.6 Å². The summed E-state index contributed by atoms with van der Waals surface area (Å²) in [4.78, 5) is 24.9. The molecule has 1 N–H and O–H groups in total. The standard InChI is InChI=1S/C16H19F2NO3S/c17-13-2-1-11(9-14(13)18)10-19(6-3-15(20)21)16(22)12-4-7-23-8-5-12/h1-2,9,12H,3-8,10H2,(H,20,21). The predicted octanol–water partition coefficient (Wildman–Crippen LogP) is 2.91. The highest BCUT2D eigenvalue weighted by Crippen LogP contribution is 2.25. The van der Waals surface area contributed by atoms with E-state index in [0.29, 0.717) is 5.56 Å². The summed E-state index contributed by atoms with van der Waals surface area (Å²) in [6.07, 6.45) is 1.37. The molecule has 1 aromatic rings. The molecule has 1 fully saturated rings. The minimum Gasteiger partial charge on any atom is -0.481 e. The van der Waals surface area contributed by atoms with E-state index < -0.39 is 17.6 Å². The van der Waals surface area contributed by atoms with Gasteiger partial charge in [-0.05, 0) is 42.0 Å². The number of carboxylic acid groups (broad SMARTS) is 1. The van der Waals surface area contributed by atoms with Crippen LogP contribution >= 0.6 is 11.8 Å². The van der Waals surface area contributed by atoms with Crippen LogP contribution in [0.1, 0.15) is 24.8 Å². The molecule has 1 amide bonds. The number of hydrogen-bond acceptors (Lipinski definition) is 3. The van der Waals surface area contributed by atoms with E-state index in [1.165, 1.54) is 11.0 Å². The van der Waals surface area contributed by atoms with Gasteiger partial charge in [-0.25, -0.2) is 8.78 Å². The van der Waals surface area contributed by atoms with E-state index in [2.05, 4.69) is 0 Å². The monoisotopic (exact) mass is 343 g/mol. The van der Waals surface area contributed by atoms with Gasteiger partial charge in [-0.2, -0.15) is 11.8 Å². The Morgan fingerprint density at radius 3 is 2.52 bits per heavy atom. The lowest BCUT2D eigenvalue weighted by molar-refractivity contribution is -0.140. The third-order valence-corrected chi connectivity index (χ3v) is 4.88. The summed E-state index contributed by atoms with van der Waals surface area (Å²) >= 11 is 1.80. The highest BCUT2D eigenvalue weighted by atomic mass is 32.2. The van der Waals surface area contributed by atoms with E-state index in [1.807, 2.05) is 0 Å². The van der Waals surface area contributed by atoms with Crippen LogP contribution in [0.25, 0.3) is 0 Å². The molecule has 7 heteroatoms. The molecule has 23 heavy (non-hydrogen) atoms. The van der Waals surface area contributed by atoms with Crippen LogP contribution in [-0.2, 0) is 16.1 Å². The van der Waals surface area contributed by atoms with Crippen molar-refractivity contribution in [2.45, 2.75) is 25.8 Å². The molecule has 0 radical (unpaired) electrons. The maximum absolute atomic E-state index is 13.3. The van der Waals surface area contributed by atoms with Crippen LogP contribution in [0.2, 0.25) is 0 Å². The molecular weight excluding hydrogens is 324 g/mol. The Balaban J connectivity index is 2.10. The molecule has 0 aliphatic carbocycles. The van der Waals surface area contributed by atoms with E-state index in [1.54, 1.807) is 11.8 Å². The Kier molecular flexibility index (Phi) is 6.38. The van der Waals surface area contributed by atoms with Crippen molar-refractivity contribution in [1.29, 1.82) is 0 Å². The van der Waals surface area contributed by atoms with Gasteiger partial charge < -0.3 is 10.0 Å². The van der Waals surface area contributed by atoms with Crippen LogP contribution in [-0.4, -0.2) is 39.9 Å². The van der Waals surface area contributed by atoms with Crippen LogP contribution in [0.5, 0.6) is 0 Å². The Hall–Kier alpha value is -1.63. The fourth-order valence-electron chi connectivity index (χ4n) is 2.56. The number of carboxylic acids is 1.